The Labute approximate surface area is 83.2 Å². The molecule has 1 heterocycles. The third-order valence-corrected chi connectivity index (χ3v) is 2.72. The van der Waals surface area contributed by atoms with Gasteiger partial charge in [0.05, 0.1) is 5.69 Å². The van der Waals surface area contributed by atoms with Crippen molar-refractivity contribution in [3.63, 3.8) is 0 Å². The largest absolute Gasteiger partial charge is 0.315 e. The van der Waals surface area contributed by atoms with Crippen LogP contribution in [0.15, 0.2) is 5.38 Å². The Bertz CT molecular complexity index is 349. The lowest BCUT2D eigenvalue weighted by Crippen LogP contribution is -2.19. The van der Waals surface area contributed by atoms with E-state index in [-0.39, 0.29) is 5.13 Å². The first-order valence-corrected chi connectivity index (χ1v) is 5.09. The number of nitrogens with one attached hydrogen (secondary N) is 1. The molecule has 1 fully saturated rings. The van der Waals surface area contributed by atoms with Crippen LogP contribution in [0.4, 0.5) is 13.9 Å². The summed E-state index contributed by atoms with van der Waals surface area (Å²) in [6, 6.07) is 0. The fourth-order valence-electron chi connectivity index (χ4n) is 1.07. The Balaban J connectivity index is 1.99. The van der Waals surface area contributed by atoms with Crippen LogP contribution in [-0.2, 0) is 4.79 Å². The van der Waals surface area contributed by atoms with Crippen LogP contribution in [0.2, 0.25) is 0 Å². The van der Waals surface area contributed by atoms with Crippen LogP contribution in [0.1, 0.15) is 24.5 Å². The van der Waals surface area contributed by atoms with Gasteiger partial charge in [-0.3, -0.25) is 10.1 Å². The quantitative estimate of drug-likeness (QED) is 0.845. The summed E-state index contributed by atoms with van der Waals surface area (Å²) in [5.74, 6) is -0.815. The summed E-state index contributed by atoms with van der Waals surface area (Å²) in [7, 11) is 0. The molecule has 0 bridgehead atoms. The summed E-state index contributed by atoms with van der Waals surface area (Å²) in [5.41, 5.74) is 0.902. The molecule has 6 heteroatoms. The van der Waals surface area contributed by atoms with Gasteiger partial charge < -0.3 is 0 Å². The minimum absolute atomic E-state index is 0.261. The molecule has 1 saturated carbocycles. The Morgan fingerprint density at radius 3 is 2.93 bits per heavy atom. The summed E-state index contributed by atoms with van der Waals surface area (Å²) in [6.07, 6.45) is -0.777. The van der Waals surface area contributed by atoms with Crippen LogP contribution in [-0.4, -0.2) is 17.3 Å². The highest BCUT2D eigenvalue weighted by atomic mass is 32.1. The highest BCUT2D eigenvalue weighted by molar-refractivity contribution is 7.13. The zero-order valence-corrected chi connectivity index (χ0v) is 7.98. The van der Waals surface area contributed by atoms with E-state index in [1.807, 2.05) is 0 Å². The average Bonchev–Trinajstić information content (AvgIpc) is 2.88. The van der Waals surface area contributed by atoms with Gasteiger partial charge in [0, 0.05) is 11.3 Å². The third kappa shape index (κ3) is 2.06. The van der Waals surface area contributed by atoms with Gasteiger partial charge in [-0.1, -0.05) is 0 Å². The number of hydrogen-bond acceptors (Lipinski definition) is 3. The first kappa shape index (κ1) is 9.51. The van der Waals surface area contributed by atoms with Gasteiger partial charge in [0.1, 0.15) is 0 Å². The number of hydrogen-bond donors (Lipinski definition) is 1. The molecule has 3 nitrogen and oxygen atoms in total. The maximum atomic E-state index is 11.9. The molecule has 1 N–H and O–H groups in total. The molecule has 1 aliphatic rings. The van der Waals surface area contributed by atoms with Gasteiger partial charge in [0.2, 0.25) is 0 Å². The lowest BCUT2D eigenvalue weighted by Gasteiger charge is -1.98. The first-order valence-electron chi connectivity index (χ1n) is 4.21. The summed E-state index contributed by atoms with van der Waals surface area (Å²) < 4.78 is 23.7. The number of aromatic nitrogens is 1. The number of rotatable bonds is 3. The van der Waals surface area contributed by atoms with E-state index in [1.54, 1.807) is 5.38 Å². The Kier molecular flexibility index (Phi) is 2.45. The normalized spacial score (nSPS) is 15.9. The maximum Gasteiger partial charge on any atom is 0.315 e. The summed E-state index contributed by atoms with van der Waals surface area (Å²) >= 11 is 1.19. The number of anilines is 1. The van der Waals surface area contributed by atoms with E-state index >= 15 is 0 Å². The van der Waals surface area contributed by atoms with Crippen molar-refractivity contribution in [1.29, 1.82) is 0 Å². The maximum absolute atomic E-state index is 11.9. The lowest BCUT2D eigenvalue weighted by molar-refractivity contribution is -0.126. The third-order valence-electron chi connectivity index (χ3n) is 1.95. The molecule has 1 aliphatic carbocycles. The van der Waals surface area contributed by atoms with E-state index in [9.17, 15) is 13.6 Å². The van der Waals surface area contributed by atoms with Crippen molar-refractivity contribution >= 4 is 22.4 Å². The topological polar surface area (TPSA) is 42.0 Å². The molecule has 1 amide bonds. The summed E-state index contributed by atoms with van der Waals surface area (Å²) in [4.78, 5) is 14.7. The molecular weight excluding hydrogens is 210 g/mol. The summed E-state index contributed by atoms with van der Waals surface area (Å²) in [6.45, 7) is 0. The van der Waals surface area contributed by atoms with E-state index in [4.69, 9.17) is 0 Å². The molecule has 0 saturated heterocycles. The molecule has 0 unspecified atom stereocenters. The van der Waals surface area contributed by atoms with Crippen molar-refractivity contribution < 1.29 is 13.6 Å². The van der Waals surface area contributed by atoms with Gasteiger partial charge in [-0.2, -0.15) is 8.78 Å². The molecule has 1 aromatic rings. The molecule has 0 aromatic carbocycles. The number of halogens is 2. The van der Waals surface area contributed by atoms with Crippen molar-refractivity contribution in [2.24, 2.45) is 0 Å². The van der Waals surface area contributed by atoms with Crippen LogP contribution in [0.3, 0.4) is 0 Å². The van der Waals surface area contributed by atoms with Gasteiger partial charge in [0.15, 0.2) is 5.13 Å². The van der Waals surface area contributed by atoms with Crippen molar-refractivity contribution in [3.8, 4) is 0 Å². The molecule has 0 aliphatic heterocycles. The molecule has 14 heavy (non-hydrogen) atoms. The van der Waals surface area contributed by atoms with Gasteiger partial charge in [-0.15, -0.1) is 11.3 Å². The monoisotopic (exact) mass is 218 g/mol. The first-order chi connectivity index (χ1) is 6.66. The molecule has 2 rings (SSSR count). The average molecular weight is 218 g/mol. The minimum atomic E-state index is -2.98. The van der Waals surface area contributed by atoms with E-state index in [0.717, 1.165) is 18.5 Å². The smallest absolute Gasteiger partial charge is 0.297 e. The van der Waals surface area contributed by atoms with E-state index in [2.05, 4.69) is 10.3 Å². The molecule has 76 valence electrons. The molecule has 0 spiro atoms. The van der Waals surface area contributed by atoms with Gasteiger partial charge >= 0.3 is 6.43 Å². The van der Waals surface area contributed by atoms with E-state index < -0.39 is 12.3 Å². The highest BCUT2D eigenvalue weighted by Crippen LogP contribution is 2.40. The zero-order chi connectivity index (χ0) is 10.1. The predicted octanol–water partition coefficient (Wildman–Crippen LogP) is 2.22. The minimum Gasteiger partial charge on any atom is -0.297 e. The second-order valence-corrected chi connectivity index (χ2v) is 4.00. The van der Waals surface area contributed by atoms with Crippen molar-refractivity contribution in [3.05, 3.63) is 11.1 Å². The van der Waals surface area contributed by atoms with Crippen LogP contribution >= 0.6 is 11.3 Å². The van der Waals surface area contributed by atoms with Crippen LogP contribution in [0.5, 0.6) is 0 Å². The van der Waals surface area contributed by atoms with E-state index in [0.29, 0.717) is 5.92 Å². The lowest BCUT2D eigenvalue weighted by atomic mass is 10.3. The number of thiazole rings is 1. The highest BCUT2D eigenvalue weighted by Gasteiger charge is 2.26. The fourth-order valence-corrected chi connectivity index (χ4v) is 1.87. The predicted molar refractivity (Wildman–Crippen MR) is 48.7 cm³/mol. The standard InChI is InChI=1S/C8H8F2N2OS/c9-6(10)7(13)12-8-11-5(3-14-8)4-1-2-4/h3-4,6H,1-2H2,(H,11,12,13). The Hall–Kier alpha value is -1.04. The number of carbonyl (C=O) groups excluding carboxylic acids is 1. The summed E-state index contributed by atoms with van der Waals surface area (Å²) in [5, 5.41) is 4.13. The second-order valence-electron chi connectivity index (χ2n) is 3.14. The number of carbonyl (C=O) groups is 1. The fraction of sp³-hybridized carbons (Fsp3) is 0.500. The molecule has 0 atom stereocenters. The van der Waals surface area contributed by atoms with Crippen molar-refractivity contribution in [2.45, 2.75) is 25.2 Å². The Morgan fingerprint density at radius 2 is 2.36 bits per heavy atom. The molecular formula is C8H8F2N2OS. The molecule has 0 radical (unpaired) electrons. The number of nitrogens with zero attached hydrogens (tertiary/aromatic N) is 1. The number of alkyl halides is 2. The molecule has 1 aromatic heterocycles. The Morgan fingerprint density at radius 1 is 1.64 bits per heavy atom. The van der Waals surface area contributed by atoms with Crippen molar-refractivity contribution in [1.82, 2.24) is 4.98 Å². The zero-order valence-electron chi connectivity index (χ0n) is 7.17. The van der Waals surface area contributed by atoms with E-state index in [1.165, 1.54) is 11.3 Å². The van der Waals surface area contributed by atoms with Crippen LogP contribution in [0, 0.1) is 0 Å². The van der Waals surface area contributed by atoms with Crippen molar-refractivity contribution in [2.75, 3.05) is 5.32 Å². The number of amides is 1. The van der Waals surface area contributed by atoms with Crippen LogP contribution in [0.25, 0.3) is 0 Å². The second kappa shape index (κ2) is 3.61. The van der Waals surface area contributed by atoms with Gasteiger partial charge in [-0.05, 0) is 12.8 Å². The SMILES string of the molecule is O=C(Nc1nc(C2CC2)cs1)C(F)F. The van der Waals surface area contributed by atoms with Gasteiger partial charge in [-0.25, -0.2) is 4.98 Å². The van der Waals surface area contributed by atoms with Gasteiger partial charge in [0.25, 0.3) is 5.91 Å². The van der Waals surface area contributed by atoms with Crippen LogP contribution < -0.4 is 5.32 Å².